The lowest BCUT2D eigenvalue weighted by molar-refractivity contribution is 0.162. The van der Waals surface area contributed by atoms with Crippen molar-refractivity contribution in [2.75, 3.05) is 46.2 Å². The van der Waals surface area contributed by atoms with E-state index in [9.17, 15) is 13.2 Å². The molecular formula is C14H27N3O4S. The average Bonchev–Trinajstić information content (AvgIpc) is 3.16. The number of carbonyl (C=O) groups excluding carboxylic acids is 1. The topological polar surface area (TPSA) is 79.0 Å². The average molecular weight is 333 g/mol. The summed E-state index contributed by atoms with van der Waals surface area (Å²) in [5, 5.41) is 2.91. The number of hydrogen-bond acceptors (Lipinski definition) is 4. The van der Waals surface area contributed by atoms with Crippen molar-refractivity contribution in [2.24, 2.45) is 5.92 Å². The Hall–Kier alpha value is -0.860. The van der Waals surface area contributed by atoms with Crippen molar-refractivity contribution in [3.05, 3.63) is 0 Å². The number of sulfonamides is 1. The first-order valence-electron chi connectivity index (χ1n) is 7.91. The molecule has 2 rings (SSSR count). The monoisotopic (exact) mass is 333 g/mol. The normalized spacial score (nSPS) is 22.0. The third-order valence-electron chi connectivity index (χ3n) is 4.22. The summed E-state index contributed by atoms with van der Waals surface area (Å²) in [6.07, 6.45) is 4.98. The van der Waals surface area contributed by atoms with Crippen molar-refractivity contribution in [3.63, 3.8) is 0 Å². The summed E-state index contributed by atoms with van der Waals surface area (Å²) in [6, 6.07) is 0.343. The van der Waals surface area contributed by atoms with E-state index in [0.717, 1.165) is 39.0 Å². The molecule has 0 aromatic carbocycles. The van der Waals surface area contributed by atoms with Gasteiger partial charge >= 0.3 is 6.03 Å². The molecule has 8 heteroatoms. The smallest absolute Gasteiger partial charge is 0.317 e. The molecule has 0 bridgehead atoms. The molecule has 0 radical (unpaired) electrons. The Morgan fingerprint density at radius 2 is 2.05 bits per heavy atom. The molecule has 0 aromatic rings. The fourth-order valence-corrected chi connectivity index (χ4v) is 3.01. The minimum absolute atomic E-state index is 0.0311. The Morgan fingerprint density at radius 1 is 1.32 bits per heavy atom. The van der Waals surface area contributed by atoms with Gasteiger partial charge in [-0.1, -0.05) is 0 Å². The zero-order valence-corrected chi connectivity index (χ0v) is 14.3. The molecule has 1 N–H and O–H groups in total. The second-order valence-corrected chi connectivity index (χ2v) is 8.37. The van der Waals surface area contributed by atoms with Crippen LogP contribution in [0.3, 0.4) is 0 Å². The number of ether oxygens (including phenoxy) is 1. The predicted octanol–water partition coefficient (Wildman–Crippen LogP) is 0.478. The van der Waals surface area contributed by atoms with E-state index in [2.05, 4.69) is 5.32 Å². The van der Waals surface area contributed by atoms with Crippen molar-refractivity contribution in [1.82, 2.24) is 14.5 Å². The molecule has 128 valence electrons. The third-order valence-corrected chi connectivity index (χ3v) is 5.53. The number of nitrogens with zero attached hydrogens (tertiary/aromatic N) is 2. The third kappa shape index (κ3) is 5.40. The van der Waals surface area contributed by atoms with E-state index in [-0.39, 0.29) is 6.03 Å². The zero-order chi connectivity index (χ0) is 16.2. The van der Waals surface area contributed by atoms with Gasteiger partial charge in [-0.05, 0) is 25.7 Å². The molecule has 2 fully saturated rings. The van der Waals surface area contributed by atoms with E-state index in [1.807, 2.05) is 4.90 Å². The molecule has 1 heterocycles. The number of rotatable bonds is 8. The molecule has 1 atom stereocenters. The van der Waals surface area contributed by atoms with Gasteiger partial charge in [-0.15, -0.1) is 0 Å². The lowest BCUT2D eigenvalue weighted by atomic mass is 10.1. The summed E-state index contributed by atoms with van der Waals surface area (Å²) >= 11 is 0. The highest BCUT2D eigenvalue weighted by Gasteiger charge is 2.34. The van der Waals surface area contributed by atoms with Gasteiger partial charge in [-0.2, -0.15) is 0 Å². The van der Waals surface area contributed by atoms with E-state index >= 15 is 0 Å². The van der Waals surface area contributed by atoms with Gasteiger partial charge in [-0.3, -0.25) is 0 Å². The Kier molecular flexibility index (Phi) is 6.05. The zero-order valence-electron chi connectivity index (χ0n) is 13.5. The molecule has 1 unspecified atom stereocenters. The summed E-state index contributed by atoms with van der Waals surface area (Å²) in [4.78, 5) is 14.2. The molecule has 2 aliphatic rings. The Balaban J connectivity index is 1.70. The first-order valence-corrected chi connectivity index (χ1v) is 9.76. The molecule has 2 amide bonds. The number of carbonyl (C=O) groups is 1. The van der Waals surface area contributed by atoms with Crippen LogP contribution in [-0.4, -0.2) is 75.8 Å². The predicted molar refractivity (Wildman–Crippen MR) is 84.1 cm³/mol. The number of urea groups is 1. The van der Waals surface area contributed by atoms with Crippen molar-refractivity contribution in [3.8, 4) is 0 Å². The van der Waals surface area contributed by atoms with Gasteiger partial charge in [0, 0.05) is 45.2 Å². The SMILES string of the molecule is CN(CCCNC(=O)N(CC1CCOC1)C1CC1)S(C)(=O)=O. The van der Waals surface area contributed by atoms with Gasteiger partial charge in [0.2, 0.25) is 10.0 Å². The first-order chi connectivity index (χ1) is 10.4. The second kappa shape index (κ2) is 7.61. The van der Waals surface area contributed by atoms with E-state index in [1.165, 1.54) is 10.6 Å². The Morgan fingerprint density at radius 3 is 2.59 bits per heavy atom. The second-order valence-electron chi connectivity index (χ2n) is 6.28. The standard InChI is InChI=1S/C14H27N3O4S/c1-16(22(2,19)20)8-3-7-15-14(18)17(13-4-5-13)10-12-6-9-21-11-12/h12-13H,3-11H2,1-2H3,(H,15,18). The quantitative estimate of drug-likeness (QED) is 0.655. The molecule has 1 aliphatic carbocycles. The van der Waals surface area contributed by atoms with Crippen molar-refractivity contribution in [1.29, 1.82) is 0 Å². The summed E-state index contributed by atoms with van der Waals surface area (Å²) in [5.74, 6) is 0.447. The molecule has 0 spiro atoms. The van der Waals surface area contributed by atoms with Gasteiger partial charge in [0.25, 0.3) is 0 Å². The van der Waals surface area contributed by atoms with Gasteiger partial charge in [-0.25, -0.2) is 17.5 Å². The van der Waals surface area contributed by atoms with Crippen LogP contribution in [0, 0.1) is 5.92 Å². The molecule has 1 saturated heterocycles. The molecule has 1 saturated carbocycles. The van der Waals surface area contributed by atoms with Crippen molar-refractivity contribution >= 4 is 16.1 Å². The van der Waals surface area contributed by atoms with E-state index in [4.69, 9.17) is 4.74 Å². The van der Waals surface area contributed by atoms with E-state index < -0.39 is 10.0 Å². The van der Waals surface area contributed by atoms with E-state index in [1.54, 1.807) is 7.05 Å². The van der Waals surface area contributed by atoms with Crippen molar-refractivity contribution in [2.45, 2.75) is 31.7 Å². The van der Waals surface area contributed by atoms with Crippen LogP contribution in [0.1, 0.15) is 25.7 Å². The van der Waals surface area contributed by atoms with Crippen LogP contribution in [0.25, 0.3) is 0 Å². The largest absolute Gasteiger partial charge is 0.381 e. The van der Waals surface area contributed by atoms with Crippen LogP contribution >= 0.6 is 0 Å². The van der Waals surface area contributed by atoms with E-state index in [0.29, 0.717) is 31.5 Å². The van der Waals surface area contributed by atoms with Gasteiger partial charge < -0.3 is 15.0 Å². The summed E-state index contributed by atoms with van der Waals surface area (Å²) in [5.41, 5.74) is 0. The number of nitrogens with one attached hydrogen (secondary N) is 1. The minimum atomic E-state index is -3.14. The highest BCUT2D eigenvalue weighted by atomic mass is 32.2. The Labute approximate surface area is 133 Å². The van der Waals surface area contributed by atoms with Gasteiger partial charge in [0.15, 0.2) is 0 Å². The van der Waals surface area contributed by atoms with Crippen molar-refractivity contribution < 1.29 is 17.9 Å². The molecule has 7 nitrogen and oxygen atoms in total. The fourth-order valence-electron chi connectivity index (χ4n) is 2.55. The maximum absolute atomic E-state index is 12.3. The first kappa shape index (κ1) is 17.5. The van der Waals surface area contributed by atoms with Crippen LogP contribution in [0.2, 0.25) is 0 Å². The van der Waals surface area contributed by atoms with Crippen LogP contribution in [0.15, 0.2) is 0 Å². The minimum Gasteiger partial charge on any atom is -0.381 e. The maximum Gasteiger partial charge on any atom is 0.317 e. The maximum atomic E-state index is 12.3. The number of hydrogen-bond donors (Lipinski definition) is 1. The van der Waals surface area contributed by atoms with Crippen LogP contribution in [0.5, 0.6) is 0 Å². The van der Waals surface area contributed by atoms with Crippen LogP contribution < -0.4 is 5.32 Å². The lowest BCUT2D eigenvalue weighted by Gasteiger charge is -2.25. The molecule has 1 aliphatic heterocycles. The number of amides is 2. The molecular weight excluding hydrogens is 306 g/mol. The lowest BCUT2D eigenvalue weighted by Crippen LogP contribution is -2.44. The summed E-state index contributed by atoms with van der Waals surface area (Å²) in [7, 11) is -1.59. The fraction of sp³-hybridized carbons (Fsp3) is 0.929. The van der Waals surface area contributed by atoms with Gasteiger partial charge in [0.05, 0.1) is 12.9 Å². The van der Waals surface area contributed by atoms with Crippen LogP contribution in [-0.2, 0) is 14.8 Å². The molecule has 22 heavy (non-hydrogen) atoms. The highest BCUT2D eigenvalue weighted by Crippen LogP contribution is 2.28. The van der Waals surface area contributed by atoms with Crippen LogP contribution in [0.4, 0.5) is 4.79 Å². The van der Waals surface area contributed by atoms with Gasteiger partial charge in [0.1, 0.15) is 0 Å². The Bertz CT molecular complexity index is 472. The summed E-state index contributed by atoms with van der Waals surface area (Å²) < 4.78 is 29.2. The highest BCUT2D eigenvalue weighted by molar-refractivity contribution is 7.88. The molecule has 0 aromatic heterocycles. The summed E-state index contributed by atoms with van der Waals surface area (Å²) in [6.45, 7) is 3.21.